The molecule has 108 valence electrons. The Labute approximate surface area is 135 Å². The molecule has 2 rings (SSSR count). The normalized spacial score (nSPS) is 10.5. The summed E-state index contributed by atoms with van der Waals surface area (Å²) in [6.07, 6.45) is 3.39. The summed E-state index contributed by atoms with van der Waals surface area (Å²) in [6, 6.07) is 12.1. The summed E-state index contributed by atoms with van der Waals surface area (Å²) in [7, 11) is 0. The maximum absolute atomic E-state index is 8.67. The van der Waals surface area contributed by atoms with Gasteiger partial charge >= 0.3 is 0 Å². The van der Waals surface area contributed by atoms with Crippen LogP contribution in [0.25, 0.3) is 11.3 Å². The van der Waals surface area contributed by atoms with Gasteiger partial charge in [-0.15, -0.1) is 11.3 Å². The summed E-state index contributed by atoms with van der Waals surface area (Å²) in [6.45, 7) is 5.63. The number of nitrogens with zero attached hydrogens (tertiary/aromatic N) is 2. The average molecular weight is 304 g/mol. The van der Waals surface area contributed by atoms with Crippen LogP contribution in [0.5, 0.6) is 0 Å². The fourth-order valence-electron chi connectivity index (χ4n) is 1.87. The van der Waals surface area contributed by atoms with Crippen LogP contribution in [0, 0.1) is 23.2 Å². The van der Waals surface area contributed by atoms with Crippen LogP contribution in [0.2, 0.25) is 0 Å². The molecule has 3 heteroatoms. The molecule has 1 aromatic heterocycles. The van der Waals surface area contributed by atoms with Crippen molar-refractivity contribution in [2.24, 2.45) is 0 Å². The van der Waals surface area contributed by atoms with Gasteiger partial charge in [0, 0.05) is 22.9 Å². The Morgan fingerprint density at radius 2 is 2.14 bits per heavy atom. The second-order valence-corrected chi connectivity index (χ2v) is 5.69. The summed E-state index contributed by atoms with van der Waals surface area (Å²) in [5.74, 6) is 6.23. The van der Waals surface area contributed by atoms with Crippen LogP contribution in [0.15, 0.2) is 59.5 Å². The topological polar surface area (TPSA) is 36.7 Å². The van der Waals surface area contributed by atoms with Crippen LogP contribution in [-0.4, -0.2) is 4.98 Å². The first-order chi connectivity index (χ1) is 10.7. The van der Waals surface area contributed by atoms with Crippen molar-refractivity contribution in [2.45, 2.75) is 19.8 Å². The largest absolute Gasteiger partial charge is 0.228 e. The van der Waals surface area contributed by atoms with Crippen molar-refractivity contribution < 1.29 is 0 Å². The second kappa shape index (κ2) is 7.98. The lowest BCUT2D eigenvalue weighted by Gasteiger charge is -1.94. The molecule has 0 bridgehead atoms. The van der Waals surface area contributed by atoms with Gasteiger partial charge in [-0.25, -0.2) is 4.98 Å². The van der Waals surface area contributed by atoms with Gasteiger partial charge in [0.15, 0.2) is 5.01 Å². The molecule has 0 fully saturated rings. The van der Waals surface area contributed by atoms with Gasteiger partial charge in [0.25, 0.3) is 0 Å². The molecule has 0 amide bonds. The number of hydrogen-bond donors (Lipinski definition) is 0. The Balaban J connectivity index is 1.94. The van der Waals surface area contributed by atoms with E-state index < -0.39 is 0 Å². The fourth-order valence-corrected chi connectivity index (χ4v) is 2.57. The summed E-state index contributed by atoms with van der Waals surface area (Å²) in [5, 5.41) is 11.5. The SMILES string of the molecule is C=C(C#N)/C=C(\C)CCC#Cc1nc(-c2ccccc2)cs1. The Morgan fingerprint density at radius 3 is 2.86 bits per heavy atom. The van der Waals surface area contributed by atoms with Crippen LogP contribution < -0.4 is 0 Å². The molecule has 1 aromatic carbocycles. The minimum atomic E-state index is 0.484. The third-order valence-corrected chi connectivity index (χ3v) is 3.74. The van der Waals surface area contributed by atoms with E-state index in [0.29, 0.717) is 5.57 Å². The number of hydrogen-bond acceptors (Lipinski definition) is 3. The van der Waals surface area contributed by atoms with Gasteiger partial charge in [0.1, 0.15) is 0 Å². The predicted octanol–water partition coefficient (Wildman–Crippen LogP) is 4.97. The highest BCUT2D eigenvalue weighted by Crippen LogP contribution is 2.20. The highest BCUT2D eigenvalue weighted by Gasteiger charge is 2.01. The van der Waals surface area contributed by atoms with E-state index in [0.717, 1.165) is 34.7 Å². The van der Waals surface area contributed by atoms with Crippen molar-refractivity contribution in [3.8, 4) is 29.2 Å². The maximum atomic E-state index is 8.67. The first-order valence-corrected chi connectivity index (χ1v) is 7.83. The van der Waals surface area contributed by atoms with E-state index >= 15 is 0 Å². The van der Waals surface area contributed by atoms with Gasteiger partial charge in [-0.1, -0.05) is 48.4 Å². The second-order valence-electron chi connectivity index (χ2n) is 4.83. The lowest BCUT2D eigenvalue weighted by molar-refractivity contribution is 1.00. The van der Waals surface area contributed by atoms with E-state index in [2.05, 4.69) is 23.4 Å². The highest BCUT2D eigenvalue weighted by atomic mass is 32.1. The minimum absolute atomic E-state index is 0.484. The number of thiazole rings is 1. The third kappa shape index (κ3) is 4.74. The number of nitriles is 1. The Hall–Kier alpha value is -2.62. The van der Waals surface area contributed by atoms with Gasteiger partial charge < -0.3 is 0 Å². The van der Waals surface area contributed by atoms with E-state index in [4.69, 9.17) is 5.26 Å². The smallest absolute Gasteiger partial charge is 0.167 e. The molecule has 0 aliphatic carbocycles. The molecule has 0 saturated carbocycles. The molecule has 1 heterocycles. The van der Waals surface area contributed by atoms with E-state index in [1.807, 2.05) is 48.7 Å². The zero-order valence-electron chi connectivity index (χ0n) is 12.5. The average Bonchev–Trinajstić information content (AvgIpc) is 3.01. The van der Waals surface area contributed by atoms with Crippen molar-refractivity contribution in [2.75, 3.05) is 0 Å². The van der Waals surface area contributed by atoms with Gasteiger partial charge in [-0.3, -0.25) is 0 Å². The molecule has 0 radical (unpaired) electrons. The zero-order chi connectivity index (χ0) is 15.8. The quantitative estimate of drug-likeness (QED) is 0.454. The number of aromatic nitrogens is 1. The van der Waals surface area contributed by atoms with Crippen molar-refractivity contribution in [1.82, 2.24) is 4.98 Å². The molecule has 22 heavy (non-hydrogen) atoms. The zero-order valence-corrected chi connectivity index (χ0v) is 13.3. The molecule has 0 aliphatic rings. The van der Waals surface area contributed by atoms with Gasteiger partial charge in [0.05, 0.1) is 11.8 Å². The van der Waals surface area contributed by atoms with Crippen LogP contribution in [0.3, 0.4) is 0 Å². The molecule has 0 aliphatic heterocycles. The molecular formula is C19H16N2S. The maximum Gasteiger partial charge on any atom is 0.167 e. The summed E-state index contributed by atoms with van der Waals surface area (Å²) in [4.78, 5) is 4.53. The molecule has 2 nitrogen and oxygen atoms in total. The molecule has 2 aromatic rings. The van der Waals surface area contributed by atoms with Crippen molar-refractivity contribution >= 4 is 11.3 Å². The molecule has 0 spiro atoms. The van der Waals surface area contributed by atoms with Crippen LogP contribution in [-0.2, 0) is 0 Å². The van der Waals surface area contributed by atoms with E-state index in [-0.39, 0.29) is 0 Å². The Bertz CT molecular complexity index is 780. The van der Waals surface area contributed by atoms with Crippen molar-refractivity contribution in [3.63, 3.8) is 0 Å². The number of rotatable bonds is 4. The van der Waals surface area contributed by atoms with Gasteiger partial charge in [-0.05, 0) is 25.3 Å². The van der Waals surface area contributed by atoms with Gasteiger partial charge in [-0.2, -0.15) is 5.26 Å². The molecule has 0 atom stereocenters. The number of benzene rings is 1. The monoisotopic (exact) mass is 304 g/mol. The van der Waals surface area contributed by atoms with Crippen LogP contribution in [0.4, 0.5) is 0 Å². The Morgan fingerprint density at radius 1 is 1.36 bits per heavy atom. The lowest BCUT2D eigenvalue weighted by atomic mass is 10.1. The highest BCUT2D eigenvalue weighted by molar-refractivity contribution is 7.10. The summed E-state index contributed by atoms with van der Waals surface area (Å²) < 4.78 is 0. The fraction of sp³-hybridized carbons (Fsp3) is 0.158. The molecule has 0 saturated heterocycles. The first kappa shape index (κ1) is 15.8. The van der Waals surface area contributed by atoms with E-state index in [1.165, 1.54) is 0 Å². The Kier molecular flexibility index (Phi) is 5.72. The van der Waals surface area contributed by atoms with Gasteiger partial charge in [0.2, 0.25) is 0 Å². The van der Waals surface area contributed by atoms with E-state index in [9.17, 15) is 0 Å². The standard InChI is InChI=1S/C19H16N2S/c1-15(12-16(2)13-20)8-6-7-11-19-21-18(14-22-19)17-9-4-3-5-10-17/h3-5,9-10,12,14H,2,6,8H2,1H3/b15-12+. The number of allylic oxidation sites excluding steroid dienone is 3. The molecular weight excluding hydrogens is 288 g/mol. The minimum Gasteiger partial charge on any atom is -0.228 e. The first-order valence-electron chi connectivity index (χ1n) is 6.95. The van der Waals surface area contributed by atoms with E-state index in [1.54, 1.807) is 17.4 Å². The van der Waals surface area contributed by atoms with Crippen LogP contribution in [0.1, 0.15) is 24.8 Å². The molecule has 0 unspecified atom stereocenters. The lowest BCUT2D eigenvalue weighted by Crippen LogP contribution is -1.79. The third-order valence-electron chi connectivity index (χ3n) is 2.98. The van der Waals surface area contributed by atoms with Crippen LogP contribution >= 0.6 is 11.3 Å². The van der Waals surface area contributed by atoms with Crippen molar-refractivity contribution in [3.05, 3.63) is 64.5 Å². The summed E-state index contributed by atoms with van der Waals surface area (Å²) in [5.41, 5.74) is 3.68. The van der Waals surface area contributed by atoms with Crippen molar-refractivity contribution in [1.29, 1.82) is 5.26 Å². The predicted molar refractivity (Wildman–Crippen MR) is 92.2 cm³/mol. The molecule has 0 N–H and O–H groups in total. The summed E-state index contributed by atoms with van der Waals surface area (Å²) >= 11 is 1.56.